The lowest BCUT2D eigenvalue weighted by atomic mass is 10.2. The topological polar surface area (TPSA) is 105 Å². The van der Waals surface area contributed by atoms with Crippen LogP contribution in [0.5, 0.6) is 5.75 Å². The number of halogens is 1. The van der Waals surface area contributed by atoms with Crippen molar-refractivity contribution < 1.29 is 13.7 Å². The molecule has 130 valence electrons. The number of aromatic nitrogens is 5. The van der Waals surface area contributed by atoms with Crippen LogP contribution in [0.15, 0.2) is 53.1 Å². The van der Waals surface area contributed by atoms with E-state index in [0.717, 1.165) is 0 Å². The van der Waals surface area contributed by atoms with E-state index in [1.165, 1.54) is 16.8 Å². The van der Waals surface area contributed by atoms with Gasteiger partial charge in [0.05, 0.1) is 12.8 Å². The van der Waals surface area contributed by atoms with Gasteiger partial charge in [0.15, 0.2) is 11.5 Å². The second-order valence-corrected chi connectivity index (χ2v) is 5.36. The van der Waals surface area contributed by atoms with E-state index >= 15 is 0 Å². The molecule has 0 aliphatic heterocycles. The fraction of sp³-hybridized carbons (Fsp3) is 0.0588. The summed E-state index contributed by atoms with van der Waals surface area (Å²) in [5.41, 5.74) is 7.72. The van der Waals surface area contributed by atoms with Crippen LogP contribution in [0.2, 0.25) is 0 Å². The fourth-order valence-corrected chi connectivity index (χ4v) is 2.39. The standard InChI is InChI=1S/C17H13FN6O2/c1-25-13-8-6-12(7-9-13)24-15(19)14(21-23-24)17-20-16(22-26-17)10-2-4-11(18)5-3-10/h2-9H,19H2,1H3. The molecule has 0 saturated carbocycles. The van der Waals surface area contributed by atoms with E-state index in [-0.39, 0.29) is 23.2 Å². The molecule has 9 heteroatoms. The molecule has 2 aromatic heterocycles. The Morgan fingerprint density at radius 1 is 1.08 bits per heavy atom. The molecule has 8 nitrogen and oxygen atoms in total. The van der Waals surface area contributed by atoms with Gasteiger partial charge in [-0.2, -0.15) is 9.67 Å². The molecule has 0 aliphatic rings. The lowest BCUT2D eigenvalue weighted by Crippen LogP contribution is -2.02. The van der Waals surface area contributed by atoms with Gasteiger partial charge in [-0.05, 0) is 48.5 Å². The normalized spacial score (nSPS) is 10.8. The van der Waals surface area contributed by atoms with Gasteiger partial charge in [0.2, 0.25) is 5.82 Å². The van der Waals surface area contributed by atoms with Gasteiger partial charge in [0, 0.05) is 5.56 Å². The molecular weight excluding hydrogens is 339 g/mol. The monoisotopic (exact) mass is 352 g/mol. The zero-order valence-corrected chi connectivity index (χ0v) is 13.6. The van der Waals surface area contributed by atoms with E-state index in [9.17, 15) is 4.39 Å². The van der Waals surface area contributed by atoms with E-state index in [1.54, 1.807) is 43.5 Å². The van der Waals surface area contributed by atoms with Crippen LogP contribution >= 0.6 is 0 Å². The Labute approximate surface area is 147 Å². The Hall–Kier alpha value is -3.75. The van der Waals surface area contributed by atoms with E-state index < -0.39 is 0 Å². The van der Waals surface area contributed by atoms with Crippen molar-refractivity contribution >= 4 is 5.82 Å². The number of nitrogens with zero attached hydrogens (tertiary/aromatic N) is 5. The van der Waals surface area contributed by atoms with Gasteiger partial charge in [-0.1, -0.05) is 10.4 Å². The molecule has 26 heavy (non-hydrogen) atoms. The summed E-state index contributed by atoms with van der Waals surface area (Å²) in [5.74, 6) is 1.06. The number of methoxy groups -OCH3 is 1. The van der Waals surface area contributed by atoms with Crippen molar-refractivity contribution in [3.05, 3.63) is 54.3 Å². The maximum atomic E-state index is 13.0. The van der Waals surface area contributed by atoms with Gasteiger partial charge in [-0.15, -0.1) is 5.10 Å². The number of anilines is 1. The third kappa shape index (κ3) is 2.75. The zero-order chi connectivity index (χ0) is 18.1. The van der Waals surface area contributed by atoms with Crippen molar-refractivity contribution in [2.24, 2.45) is 0 Å². The van der Waals surface area contributed by atoms with Gasteiger partial charge < -0.3 is 15.0 Å². The Bertz CT molecular complexity index is 1040. The van der Waals surface area contributed by atoms with Crippen molar-refractivity contribution in [2.45, 2.75) is 0 Å². The first-order valence-corrected chi connectivity index (χ1v) is 7.61. The van der Waals surface area contributed by atoms with Gasteiger partial charge in [-0.25, -0.2) is 4.39 Å². The first kappa shape index (κ1) is 15.8. The smallest absolute Gasteiger partial charge is 0.282 e. The molecule has 0 radical (unpaired) electrons. The molecule has 4 aromatic rings. The predicted octanol–water partition coefficient (Wildman–Crippen LogP) is 2.71. The molecule has 2 N–H and O–H groups in total. The van der Waals surface area contributed by atoms with Crippen LogP contribution < -0.4 is 10.5 Å². The largest absolute Gasteiger partial charge is 0.497 e. The lowest BCUT2D eigenvalue weighted by Gasteiger charge is -2.04. The molecule has 0 fully saturated rings. The number of benzene rings is 2. The minimum absolute atomic E-state index is 0.126. The van der Waals surface area contributed by atoms with Crippen LogP contribution in [0.25, 0.3) is 28.7 Å². The summed E-state index contributed by atoms with van der Waals surface area (Å²) in [7, 11) is 1.59. The van der Waals surface area contributed by atoms with Crippen LogP contribution in [0.3, 0.4) is 0 Å². The summed E-state index contributed by atoms with van der Waals surface area (Å²) in [4.78, 5) is 4.26. The van der Waals surface area contributed by atoms with Crippen molar-refractivity contribution in [2.75, 3.05) is 12.8 Å². The average Bonchev–Trinajstić information content (AvgIpc) is 3.29. The molecule has 0 aliphatic carbocycles. The van der Waals surface area contributed by atoms with Crippen molar-refractivity contribution in [3.63, 3.8) is 0 Å². The molecule has 0 spiro atoms. The van der Waals surface area contributed by atoms with E-state index in [2.05, 4.69) is 20.5 Å². The highest BCUT2D eigenvalue weighted by Gasteiger charge is 2.19. The highest BCUT2D eigenvalue weighted by atomic mass is 19.1. The molecule has 2 heterocycles. The summed E-state index contributed by atoms with van der Waals surface area (Å²) < 4.78 is 24.8. The van der Waals surface area contributed by atoms with Crippen molar-refractivity contribution in [3.8, 4) is 34.4 Å². The third-order valence-electron chi connectivity index (χ3n) is 3.75. The second kappa shape index (κ2) is 6.28. The fourth-order valence-electron chi connectivity index (χ4n) is 2.39. The molecule has 4 rings (SSSR count). The Morgan fingerprint density at radius 3 is 2.50 bits per heavy atom. The minimum atomic E-state index is -0.343. The van der Waals surface area contributed by atoms with Crippen LogP contribution in [-0.4, -0.2) is 32.2 Å². The summed E-state index contributed by atoms with van der Waals surface area (Å²) in [6, 6.07) is 12.9. The number of hydrogen-bond acceptors (Lipinski definition) is 7. The Kier molecular flexibility index (Phi) is 3.81. The minimum Gasteiger partial charge on any atom is -0.497 e. The molecule has 0 amide bonds. The average molecular weight is 352 g/mol. The summed E-state index contributed by atoms with van der Waals surface area (Å²) in [6.45, 7) is 0. The molecule has 0 bridgehead atoms. The van der Waals surface area contributed by atoms with E-state index in [0.29, 0.717) is 22.8 Å². The third-order valence-corrected chi connectivity index (χ3v) is 3.75. The highest BCUT2D eigenvalue weighted by molar-refractivity contribution is 5.66. The van der Waals surface area contributed by atoms with Gasteiger partial charge in [-0.3, -0.25) is 0 Å². The summed E-state index contributed by atoms with van der Waals surface area (Å²) in [5, 5.41) is 11.9. The molecule has 0 atom stereocenters. The first-order chi connectivity index (χ1) is 12.7. The number of rotatable bonds is 4. The number of ether oxygens (including phenoxy) is 1. The Morgan fingerprint density at radius 2 is 1.81 bits per heavy atom. The van der Waals surface area contributed by atoms with E-state index in [4.69, 9.17) is 15.0 Å². The second-order valence-electron chi connectivity index (χ2n) is 5.36. The quantitative estimate of drug-likeness (QED) is 0.602. The van der Waals surface area contributed by atoms with Gasteiger partial charge >= 0.3 is 0 Å². The number of nitrogen functional groups attached to an aromatic ring is 1. The summed E-state index contributed by atoms with van der Waals surface area (Å²) in [6.07, 6.45) is 0. The molecule has 0 saturated heterocycles. The van der Waals surface area contributed by atoms with Crippen LogP contribution in [0.4, 0.5) is 10.2 Å². The molecule has 2 aromatic carbocycles. The maximum absolute atomic E-state index is 13.0. The highest BCUT2D eigenvalue weighted by Crippen LogP contribution is 2.27. The van der Waals surface area contributed by atoms with Crippen molar-refractivity contribution in [1.29, 1.82) is 0 Å². The summed E-state index contributed by atoms with van der Waals surface area (Å²) >= 11 is 0. The lowest BCUT2D eigenvalue weighted by molar-refractivity contribution is 0.414. The molecule has 0 unspecified atom stereocenters. The number of nitrogens with two attached hydrogens (primary N) is 1. The van der Waals surface area contributed by atoms with Crippen LogP contribution in [0.1, 0.15) is 0 Å². The number of hydrogen-bond donors (Lipinski definition) is 1. The van der Waals surface area contributed by atoms with Gasteiger partial charge in [0.25, 0.3) is 5.89 Å². The first-order valence-electron chi connectivity index (χ1n) is 7.61. The zero-order valence-electron chi connectivity index (χ0n) is 13.6. The molecular formula is C17H13FN6O2. The Balaban J connectivity index is 1.67. The maximum Gasteiger partial charge on any atom is 0.282 e. The van der Waals surface area contributed by atoms with Gasteiger partial charge in [0.1, 0.15) is 11.6 Å². The van der Waals surface area contributed by atoms with Crippen LogP contribution in [0, 0.1) is 5.82 Å². The predicted molar refractivity (Wildman–Crippen MR) is 91.0 cm³/mol. The SMILES string of the molecule is COc1ccc(-n2nnc(-c3nc(-c4ccc(F)cc4)no3)c2N)cc1. The van der Waals surface area contributed by atoms with Crippen molar-refractivity contribution in [1.82, 2.24) is 25.1 Å². The van der Waals surface area contributed by atoms with Crippen LogP contribution in [-0.2, 0) is 0 Å². The van der Waals surface area contributed by atoms with E-state index in [1.807, 2.05) is 0 Å².